The Morgan fingerprint density at radius 3 is 2.62 bits per heavy atom. The Balaban J connectivity index is 1.53. The molecule has 4 rings (SSSR count). The molecule has 29 heavy (non-hydrogen) atoms. The SMILES string of the molecule is Cc1ccc(C(Cc2ccsc2)NCc2cccc(-n3nc(C)cc3C)c2)nc1. The summed E-state index contributed by atoms with van der Waals surface area (Å²) in [6.45, 7) is 6.96. The molecule has 1 N–H and O–H groups in total. The first-order valence-corrected chi connectivity index (χ1v) is 10.8. The molecule has 4 nitrogen and oxygen atoms in total. The van der Waals surface area contributed by atoms with Gasteiger partial charge in [-0.2, -0.15) is 16.4 Å². The molecule has 3 aromatic heterocycles. The molecule has 0 aliphatic rings. The number of hydrogen-bond acceptors (Lipinski definition) is 4. The molecule has 0 radical (unpaired) electrons. The van der Waals surface area contributed by atoms with Crippen molar-refractivity contribution >= 4 is 11.3 Å². The zero-order valence-electron chi connectivity index (χ0n) is 17.1. The van der Waals surface area contributed by atoms with Crippen molar-refractivity contribution in [3.63, 3.8) is 0 Å². The Morgan fingerprint density at radius 2 is 1.93 bits per heavy atom. The van der Waals surface area contributed by atoms with E-state index in [-0.39, 0.29) is 6.04 Å². The van der Waals surface area contributed by atoms with E-state index < -0.39 is 0 Å². The maximum absolute atomic E-state index is 4.68. The van der Waals surface area contributed by atoms with Gasteiger partial charge >= 0.3 is 0 Å². The van der Waals surface area contributed by atoms with Crippen LogP contribution in [0.4, 0.5) is 0 Å². The fraction of sp³-hybridized carbons (Fsp3) is 0.250. The third kappa shape index (κ3) is 4.81. The largest absolute Gasteiger partial charge is 0.304 e. The Morgan fingerprint density at radius 1 is 1.03 bits per heavy atom. The first-order valence-electron chi connectivity index (χ1n) is 9.88. The minimum Gasteiger partial charge on any atom is -0.304 e. The number of pyridine rings is 1. The van der Waals surface area contributed by atoms with E-state index >= 15 is 0 Å². The lowest BCUT2D eigenvalue weighted by Crippen LogP contribution is -2.24. The smallest absolute Gasteiger partial charge is 0.0651 e. The zero-order chi connectivity index (χ0) is 20.2. The second-order valence-corrected chi connectivity index (χ2v) is 8.32. The van der Waals surface area contributed by atoms with Gasteiger partial charge in [-0.3, -0.25) is 4.98 Å². The number of aryl methyl sites for hydroxylation is 3. The molecule has 0 spiro atoms. The Labute approximate surface area is 176 Å². The predicted molar refractivity (Wildman–Crippen MR) is 120 cm³/mol. The summed E-state index contributed by atoms with van der Waals surface area (Å²) in [6, 6.07) is 17.3. The molecule has 4 aromatic rings. The fourth-order valence-electron chi connectivity index (χ4n) is 3.54. The molecular weight excluding hydrogens is 376 g/mol. The van der Waals surface area contributed by atoms with Gasteiger partial charge in [0.25, 0.3) is 0 Å². The van der Waals surface area contributed by atoms with E-state index in [0.29, 0.717) is 0 Å². The van der Waals surface area contributed by atoms with Crippen LogP contribution in [0.5, 0.6) is 0 Å². The lowest BCUT2D eigenvalue weighted by molar-refractivity contribution is 0.518. The van der Waals surface area contributed by atoms with E-state index in [1.165, 1.54) is 16.7 Å². The number of benzene rings is 1. The van der Waals surface area contributed by atoms with E-state index in [0.717, 1.165) is 35.7 Å². The maximum Gasteiger partial charge on any atom is 0.0651 e. The number of nitrogens with zero attached hydrogens (tertiary/aromatic N) is 3. The Kier molecular flexibility index (Phi) is 5.88. The van der Waals surface area contributed by atoms with Crippen molar-refractivity contribution in [3.05, 3.63) is 99.3 Å². The number of thiophene rings is 1. The van der Waals surface area contributed by atoms with Crippen LogP contribution in [-0.4, -0.2) is 14.8 Å². The van der Waals surface area contributed by atoms with Crippen molar-refractivity contribution in [2.24, 2.45) is 0 Å². The molecule has 1 aromatic carbocycles. The maximum atomic E-state index is 4.68. The molecule has 1 atom stereocenters. The van der Waals surface area contributed by atoms with Gasteiger partial charge in [-0.05, 0) is 85.0 Å². The van der Waals surface area contributed by atoms with Gasteiger partial charge in [0.1, 0.15) is 0 Å². The Bertz CT molecular complexity index is 1060. The van der Waals surface area contributed by atoms with Crippen LogP contribution in [0, 0.1) is 20.8 Å². The zero-order valence-corrected chi connectivity index (χ0v) is 17.9. The van der Waals surface area contributed by atoms with Crippen LogP contribution in [-0.2, 0) is 13.0 Å². The van der Waals surface area contributed by atoms with Crippen molar-refractivity contribution < 1.29 is 0 Å². The van der Waals surface area contributed by atoms with Gasteiger partial charge in [0.05, 0.1) is 23.1 Å². The molecule has 0 aliphatic heterocycles. The minimum absolute atomic E-state index is 0.169. The number of nitrogens with one attached hydrogen (secondary N) is 1. The number of rotatable bonds is 7. The van der Waals surface area contributed by atoms with E-state index in [1.54, 1.807) is 11.3 Å². The molecule has 148 valence electrons. The predicted octanol–water partition coefficient (Wildman–Crippen LogP) is 5.33. The quantitative estimate of drug-likeness (QED) is 0.454. The summed E-state index contributed by atoms with van der Waals surface area (Å²) in [5.74, 6) is 0. The standard InChI is InChI=1S/C24H26N4S/c1-17-7-8-23(25-14-17)24(13-21-9-10-29-16-21)26-15-20-5-4-6-22(12-20)28-19(3)11-18(2)27-28/h4-12,14,16,24,26H,13,15H2,1-3H3. The molecule has 0 fully saturated rings. The normalized spacial score (nSPS) is 12.2. The monoisotopic (exact) mass is 402 g/mol. The molecular formula is C24H26N4S. The van der Waals surface area contributed by atoms with Gasteiger partial charge < -0.3 is 5.32 Å². The van der Waals surface area contributed by atoms with E-state index in [1.807, 2.05) is 17.8 Å². The second-order valence-electron chi connectivity index (χ2n) is 7.54. The summed E-state index contributed by atoms with van der Waals surface area (Å²) in [6.07, 6.45) is 2.87. The van der Waals surface area contributed by atoms with Crippen molar-refractivity contribution in [1.82, 2.24) is 20.1 Å². The molecule has 0 aliphatic carbocycles. The lowest BCUT2D eigenvalue weighted by Gasteiger charge is -2.19. The first kappa shape index (κ1) is 19.6. The van der Waals surface area contributed by atoms with Crippen molar-refractivity contribution in [2.75, 3.05) is 0 Å². The highest BCUT2D eigenvalue weighted by Crippen LogP contribution is 2.20. The highest BCUT2D eigenvalue weighted by Gasteiger charge is 2.14. The van der Waals surface area contributed by atoms with Crippen LogP contribution in [0.3, 0.4) is 0 Å². The third-order valence-corrected chi connectivity index (χ3v) is 5.76. The third-order valence-electron chi connectivity index (χ3n) is 5.03. The molecule has 0 bridgehead atoms. The van der Waals surface area contributed by atoms with E-state index in [4.69, 9.17) is 0 Å². The van der Waals surface area contributed by atoms with Crippen LogP contribution < -0.4 is 5.32 Å². The summed E-state index contributed by atoms with van der Waals surface area (Å²) in [5, 5.41) is 12.7. The fourth-order valence-corrected chi connectivity index (χ4v) is 4.22. The number of aromatic nitrogens is 3. The van der Waals surface area contributed by atoms with Gasteiger partial charge in [0.15, 0.2) is 0 Å². The topological polar surface area (TPSA) is 42.7 Å². The summed E-state index contributed by atoms with van der Waals surface area (Å²) in [4.78, 5) is 4.68. The highest BCUT2D eigenvalue weighted by molar-refractivity contribution is 7.07. The molecule has 3 heterocycles. The van der Waals surface area contributed by atoms with Crippen LogP contribution in [0.2, 0.25) is 0 Å². The van der Waals surface area contributed by atoms with Crippen LogP contribution >= 0.6 is 11.3 Å². The van der Waals surface area contributed by atoms with Crippen LogP contribution in [0.25, 0.3) is 5.69 Å². The summed E-state index contributed by atoms with van der Waals surface area (Å²) in [5.41, 5.74) is 8.11. The van der Waals surface area contributed by atoms with Crippen molar-refractivity contribution in [1.29, 1.82) is 0 Å². The molecule has 0 saturated carbocycles. The Hall–Kier alpha value is -2.76. The van der Waals surface area contributed by atoms with Crippen LogP contribution in [0.1, 0.15) is 39.8 Å². The van der Waals surface area contributed by atoms with Gasteiger partial charge in [-0.15, -0.1) is 0 Å². The van der Waals surface area contributed by atoms with Crippen molar-refractivity contribution in [2.45, 2.75) is 39.8 Å². The van der Waals surface area contributed by atoms with Crippen molar-refractivity contribution in [3.8, 4) is 5.69 Å². The first-order chi connectivity index (χ1) is 14.1. The van der Waals surface area contributed by atoms with E-state index in [9.17, 15) is 0 Å². The molecule has 0 saturated heterocycles. The number of hydrogen-bond donors (Lipinski definition) is 1. The van der Waals surface area contributed by atoms with Crippen LogP contribution in [0.15, 0.2) is 65.5 Å². The summed E-state index contributed by atoms with van der Waals surface area (Å²) < 4.78 is 2.00. The minimum atomic E-state index is 0.169. The van der Waals surface area contributed by atoms with Gasteiger partial charge in [0, 0.05) is 18.4 Å². The second kappa shape index (κ2) is 8.72. The summed E-state index contributed by atoms with van der Waals surface area (Å²) in [7, 11) is 0. The molecule has 1 unspecified atom stereocenters. The highest BCUT2D eigenvalue weighted by atomic mass is 32.1. The van der Waals surface area contributed by atoms with Gasteiger partial charge in [0.2, 0.25) is 0 Å². The van der Waals surface area contributed by atoms with Gasteiger partial charge in [-0.1, -0.05) is 18.2 Å². The lowest BCUT2D eigenvalue weighted by atomic mass is 10.0. The van der Waals surface area contributed by atoms with E-state index in [2.05, 4.69) is 88.5 Å². The molecule has 0 amide bonds. The average molecular weight is 403 g/mol. The average Bonchev–Trinajstić information content (AvgIpc) is 3.35. The van der Waals surface area contributed by atoms with Gasteiger partial charge in [-0.25, -0.2) is 4.68 Å². The molecule has 5 heteroatoms. The summed E-state index contributed by atoms with van der Waals surface area (Å²) >= 11 is 1.74.